The fraction of sp³-hybridized carbons (Fsp3) is 0.125. The number of aryl methyl sites for hydroxylation is 2. The van der Waals surface area contributed by atoms with Crippen molar-refractivity contribution in [2.24, 2.45) is 10.9 Å². The van der Waals surface area contributed by atoms with Gasteiger partial charge in [0.15, 0.2) is 5.84 Å². The van der Waals surface area contributed by atoms with E-state index in [1.165, 1.54) is 0 Å². The van der Waals surface area contributed by atoms with E-state index < -0.39 is 0 Å². The van der Waals surface area contributed by atoms with Crippen molar-refractivity contribution in [3.63, 3.8) is 0 Å². The normalized spacial score (nSPS) is 11.2. The fourth-order valence-electron chi connectivity index (χ4n) is 1.87. The molecule has 0 saturated heterocycles. The number of carbonyl (C=O) groups is 1. The number of anilines is 1. The molecule has 1 amide bonds. The number of hydrogen-bond donors (Lipinski definition) is 3. The van der Waals surface area contributed by atoms with E-state index in [0.717, 1.165) is 11.1 Å². The SMILES string of the molecule is Cc1ccc(C(=O)Nc2ccc(/C(N)=N/O)cc2)cc1C. The number of carbonyl (C=O) groups excluding carboxylic acids is 1. The summed E-state index contributed by atoms with van der Waals surface area (Å²) in [6.45, 7) is 3.97. The summed E-state index contributed by atoms with van der Waals surface area (Å²) in [6.07, 6.45) is 0. The Morgan fingerprint density at radius 3 is 2.24 bits per heavy atom. The smallest absolute Gasteiger partial charge is 0.255 e. The van der Waals surface area contributed by atoms with E-state index in [9.17, 15) is 4.79 Å². The molecule has 2 rings (SSSR count). The van der Waals surface area contributed by atoms with E-state index >= 15 is 0 Å². The van der Waals surface area contributed by atoms with Gasteiger partial charge < -0.3 is 16.3 Å². The molecule has 21 heavy (non-hydrogen) atoms. The first-order chi connectivity index (χ1) is 10.0. The van der Waals surface area contributed by atoms with Crippen molar-refractivity contribution >= 4 is 17.4 Å². The largest absolute Gasteiger partial charge is 0.409 e. The molecule has 0 saturated carbocycles. The fourth-order valence-corrected chi connectivity index (χ4v) is 1.87. The van der Waals surface area contributed by atoms with Crippen molar-refractivity contribution in [3.8, 4) is 0 Å². The maximum Gasteiger partial charge on any atom is 0.255 e. The molecule has 0 spiro atoms. The number of nitrogens with one attached hydrogen (secondary N) is 1. The summed E-state index contributed by atoms with van der Waals surface area (Å²) >= 11 is 0. The van der Waals surface area contributed by atoms with E-state index in [0.29, 0.717) is 16.8 Å². The van der Waals surface area contributed by atoms with Crippen LogP contribution < -0.4 is 11.1 Å². The average Bonchev–Trinajstić information content (AvgIpc) is 2.50. The second-order valence-electron chi connectivity index (χ2n) is 4.82. The molecular weight excluding hydrogens is 266 g/mol. The van der Waals surface area contributed by atoms with Crippen LogP contribution in [-0.4, -0.2) is 17.0 Å². The highest BCUT2D eigenvalue weighted by molar-refractivity contribution is 6.04. The first-order valence-electron chi connectivity index (χ1n) is 6.48. The molecule has 2 aromatic rings. The molecule has 108 valence electrons. The van der Waals surface area contributed by atoms with E-state index in [2.05, 4.69) is 10.5 Å². The quantitative estimate of drug-likeness (QED) is 0.350. The first-order valence-corrected chi connectivity index (χ1v) is 6.48. The Labute approximate surface area is 123 Å². The van der Waals surface area contributed by atoms with Crippen LogP contribution in [0.25, 0.3) is 0 Å². The van der Waals surface area contributed by atoms with Gasteiger partial charge in [0.1, 0.15) is 0 Å². The molecule has 5 heteroatoms. The van der Waals surface area contributed by atoms with Crippen LogP contribution in [0.4, 0.5) is 5.69 Å². The maximum atomic E-state index is 12.2. The molecule has 0 atom stereocenters. The van der Waals surface area contributed by atoms with Crippen LogP contribution in [0.1, 0.15) is 27.0 Å². The summed E-state index contributed by atoms with van der Waals surface area (Å²) in [5.41, 5.74) is 9.54. The molecule has 0 unspecified atom stereocenters. The maximum absolute atomic E-state index is 12.2. The van der Waals surface area contributed by atoms with E-state index in [-0.39, 0.29) is 11.7 Å². The Bertz CT molecular complexity index is 691. The molecule has 0 fully saturated rings. The average molecular weight is 283 g/mol. The topological polar surface area (TPSA) is 87.7 Å². The van der Waals surface area contributed by atoms with Crippen LogP contribution in [0.5, 0.6) is 0 Å². The highest BCUT2D eigenvalue weighted by Crippen LogP contribution is 2.14. The third-order valence-corrected chi connectivity index (χ3v) is 3.32. The molecule has 0 aliphatic carbocycles. The lowest BCUT2D eigenvalue weighted by molar-refractivity contribution is 0.102. The number of amidine groups is 1. The Hall–Kier alpha value is -2.82. The van der Waals surface area contributed by atoms with Gasteiger partial charge in [-0.1, -0.05) is 11.2 Å². The highest BCUT2D eigenvalue weighted by atomic mass is 16.4. The van der Waals surface area contributed by atoms with Crippen LogP contribution in [-0.2, 0) is 0 Å². The van der Waals surface area contributed by atoms with Crippen LogP contribution in [0.15, 0.2) is 47.6 Å². The Morgan fingerprint density at radius 1 is 1.05 bits per heavy atom. The summed E-state index contributed by atoms with van der Waals surface area (Å²) in [5, 5.41) is 14.3. The van der Waals surface area contributed by atoms with Gasteiger partial charge in [-0.3, -0.25) is 4.79 Å². The molecular formula is C16H17N3O2. The lowest BCUT2D eigenvalue weighted by atomic mass is 10.1. The first kappa shape index (κ1) is 14.6. The van der Waals surface area contributed by atoms with Gasteiger partial charge in [0.25, 0.3) is 5.91 Å². The highest BCUT2D eigenvalue weighted by Gasteiger charge is 2.07. The van der Waals surface area contributed by atoms with Gasteiger partial charge in [0, 0.05) is 16.8 Å². The van der Waals surface area contributed by atoms with Crippen LogP contribution in [0, 0.1) is 13.8 Å². The molecule has 2 aromatic carbocycles. The lowest BCUT2D eigenvalue weighted by Crippen LogP contribution is -2.14. The van der Waals surface area contributed by atoms with Crippen molar-refractivity contribution in [3.05, 3.63) is 64.7 Å². The van der Waals surface area contributed by atoms with Crippen molar-refractivity contribution in [2.45, 2.75) is 13.8 Å². The van der Waals surface area contributed by atoms with Gasteiger partial charge in [0.2, 0.25) is 0 Å². The molecule has 0 aliphatic rings. The van der Waals surface area contributed by atoms with Crippen LogP contribution in [0.3, 0.4) is 0 Å². The molecule has 5 nitrogen and oxygen atoms in total. The monoisotopic (exact) mass is 283 g/mol. The molecule has 4 N–H and O–H groups in total. The van der Waals surface area contributed by atoms with Crippen molar-refractivity contribution in [1.29, 1.82) is 0 Å². The van der Waals surface area contributed by atoms with Gasteiger partial charge in [-0.25, -0.2) is 0 Å². The standard InChI is InChI=1S/C16H17N3O2/c1-10-3-4-13(9-11(10)2)16(20)18-14-7-5-12(6-8-14)15(17)19-21/h3-9,21H,1-2H3,(H2,17,19)(H,18,20). The van der Waals surface area contributed by atoms with Gasteiger partial charge in [-0.05, 0) is 61.4 Å². The van der Waals surface area contributed by atoms with Crippen molar-refractivity contribution in [1.82, 2.24) is 0 Å². The number of nitrogens with two attached hydrogens (primary N) is 1. The number of benzene rings is 2. The number of hydrogen-bond acceptors (Lipinski definition) is 3. The number of amides is 1. The zero-order valence-electron chi connectivity index (χ0n) is 11.9. The molecule has 0 heterocycles. The Balaban J connectivity index is 2.14. The van der Waals surface area contributed by atoms with E-state index in [1.807, 2.05) is 26.0 Å². The van der Waals surface area contributed by atoms with Gasteiger partial charge >= 0.3 is 0 Å². The third kappa shape index (κ3) is 3.39. The minimum absolute atomic E-state index is 0.0297. The Morgan fingerprint density at radius 2 is 1.67 bits per heavy atom. The van der Waals surface area contributed by atoms with Crippen LogP contribution >= 0.6 is 0 Å². The predicted molar refractivity (Wildman–Crippen MR) is 82.8 cm³/mol. The zero-order valence-corrected chi connectivity index (χ0v) is 11.9. The van der Waals surface area contributed by atoms with Crippen molar-refractivity contribution in [2.75, 3.05) is 5.32 Å². The van der Waals surface area contributed by atoms with Gasteiger partial charge in [-0.2, -0.15) is 0 Å². The number of rotatable bonds is 3. The summed E-state index contributed by atoms with van der Waals surface area (Å²) in [5.74, 6) is -0.142. The van der Waals surface area contributed by atoms with Crippen LogP contribution in [0.2, 0.25) is 0 Å². The molecule has 0 aromatic heterocycles. The summed E-state index contributed by atoms with van der Waals surface area (Å²) in [4.78, 5) is 12.2. The number of nitrogens with zero attached hydrogens (tertiary/aromatic N) is 1. The van der Waals surface area contributed by atoms with Gasteiger partial charge in [0.05, 0.1) is 0 Å². The molecule has 0 bridgehead atoms. The van der Waals surface area contributed by atoms with E-state index in [4.69, 9.17) is 10.9 Å². The summed E-state index contributed by atoms with van der Waals surface area (Å²) < 4.78 is 0. The minimum atomic E-state index is -0.172. The molecule has 0 radical (unpaired) electrons. The third-order valence-electron chi connectivity index (χ3n) is 3.32. The summed E-state index contributed by atoms with van der Waals surface area (Å²) in [7, 11) is 0. The zero-order chi connectivity index (χ0) is 15.4. The van der Waals surface area contributed by atoms with E-state index in [1.54, 1.807) is 30.3 Å². The van der Waals surface area contributed by atoms with Gasteiger partial charge in [-0.15, -0.1) is 0 Å². The number of oxime groups is 1. The minimum Gasteiger partial charge on any atom is -0.409 e. The second kappa shape index (κ2) is 6.09. The van der Waals surface area contributed by atoms with Crippen molar-refractivity contribution < 1.29 is 10.0 Å². The Kier molecular flexibility index (Phi) is 4.23. The predicted octanol–water partition coefficient (Wildman–Crippen LogP) is 2.65. The lowest BCUT2D eigenvalue weighted by Gasteiger charge is -2.08. The second-order valence-corrected chi connectivity index (χ2v) is 4.82. The summed E-state index contributed by atoms with van der Waals surface area (Å²) in [6, 6.07) is 12.3. The molecule has 0 aliphatic heterocycles.